The van der Waals surface area contributed by atoms with Crippen molar-refractivity contribution in [2.75, 3.05) is 19.6 Å². The van der Waals surface area contributed by atoms with Gasteiger partial charge in [-0.1, -0.05) is 6.07 Å². The summed E-state index contributed by atoms with van der Waals surface area (Å²) < 4.78 is 13.4. The Bertz CT molecular complexity index is 425. The highest BCUT2D eigenvalue weighted by atomic mass is 19.1. The van der Waals surface area contributed by atoms with Crippen LogP contribution in [0.5, 0.6) is 0 Å². The SMILES string of the molecule is Cc1ccc(F)cc1CN(CC1CCNCC1)C(C)C. The van der Waals surface area contributed by atoms with Gasteiger partial charge >= 0.3 is 0 Å². The average molecular weight is 278 g/mol. The molecule has 2 nitrogen and oxygen atoms in total. The average Bonchev–Trinajstić information content (AvgIpc) is 2.43. The second-order valence-electron chi connectivity index (χ2n) is 6.29. The molecule has 1 saturated heterocycles. The second-order valence-corrected chi connectivity index (χ2v) is 6.29. The fourth-order valence-electron chi connectivity index (χ4n) is 2.88. The maximum Gasteiger partial charge on any atom is 0.123 e. The van der Waals surface area contributed by atoms with Crippen LogP contribution >= 0.6 is 0 Å². The van der Waals surface area contributed by atoms with Crippen LogP contribution in [0.25, 0.3) is 0 Å². The van der Waals surface area contributed by atoms with Crippen LogP contribution in [0.1, 0.15) is 37.8 Å². The van der Waals surface area contributed by atoms with Crippen LogP contribution < -0.4 is 5.32 Å². The van der Waals surface area contributed by atoms with Crippen molar-refractivity contribution >= 4 is 0 Å². The Morgan fingerprint density at radius 3 is 2.65 bits per heavy atom. The molecule has 0 saturated carbocycles. The van der Waals surface area contributed by atoms with Crippen LogP contribution in [0.4, 0.5) is 4.39 Å². The predicted molar refractivity (Wildman–Crippen MR) is 82.3 cm³/mol. The number of benzene rings is 1. The monoisotopic (exact) mass is 278 g/mol. The zero-order chi connectivity index (χ0) is 14.5. The van der Waals surface area contributed by atoms with E-state index in [0.29, 0.717) is 6.04 Å². The van der Waals surface area contributed by atoms with Gasteiger partial charge in [-0.05, 0) is 75.9 Å². The lowest BCUT2D eigenvalue weighted by atomic mass is 9.96. The minimum absolute atomic E-state index is 0.129. The van der Waals surface area contributed by atoms with Crippen molar-refractivity contribution in [3.8, 4) is 0 Å². The van der Waals surface area contributed by atoms with Crippen molar-refractivity contribution in [1.29, 1.82) is 0 Å². The Labute approximate surface area is 122 Å². The topological polar surface area (TPSA) is 15.3 Å². The molecule has 0 bridgehead atoms. The standard InChI is InChI=1S/C17H27FN2/c1-13(2)20(11-15-6-8-19-9-7-15)12-16-10-17(18)5-4-14(16)3/h4-5,10,13,15,19H,6-9,11-12H2,1-3H3. The summed E-state index contributed by atoms with van der Waals surface area (Å²) in [7, 11) is 0. The molecule has 1 fully saturated rings. The molecular weight excluding hydrogens is 251 g/mol. The molecule has 0 unspecified atom stereocenters. The number of nitrogens with one attached hydrogen (secondary N) is 1. The van der Waals surface area contributed by atoms with Crippen molar-refractivity contribution < 1.29 is 4.39 Å². The van der Waals surface area contributed by atoms with E-state index >= 15 is 0 Å². The first-order chi connectivity index (χ1) is 9.56. The van der Waals surface area contributed by atoms with Gasteiger partial charge < -0.3 is 5.32 Å². The number of hydrogen-bond donors (Lipinski definition) is 1. The van der Waals surface area contributed by atoms with Crippen LogP contribution in [-0.2, 0) is 6.54 Å². The summed E-state index contributed by atoms with van der Waals surface area (Å²) in [5.41, 5.74) is 2.30. The molecule has 20 heavy (non-hydrogen) atoms. The molecule has 0 radical (unpaired) electrons. The molecular formula is C17H27FN2. The molecule has 0 aliphatic carbocycles. The van der Waals surface area contributed by atoms with E-state index in [9.17, 15) is 4.39 Å². The summed E-state index contributed by atoms with van der Waals surface area (Å²) in [5, 5.41) is 3.42. The third kappa shape index (κ3) is 4.29. The maximum atomic E-state index is 13.4. The zero-order valence-electron chi connectivity index (χ0n) is 13.0. The number of hydrogen-bond acceptors (Lipinski definition) is 2. The smallest absolute Gasteiger partial charge is 0.123 e. The fraction of sp³-hybridized carbons (Fsp3) is 0.647. The first-order valence-corrected chi connectivity index (χ1v) is 7.76. The van der Waals surface area contributed by atoms with Gasteiger partial charge in [-0.2, -0.15) is 0 Å². The molecule has 1 aliphatic rings. The van der Waals surface area contributed by atoms with E-state index in [1.165, 1.54) is 18.4 Å². The number of halogens is 1. The molecule has 1 heterocycles. The van der Waals surface area contributed by atoms with E-state index in [4.69, 9.17) is 0 Å². The van der Waals surface area contributed by atoms with Gasteiger partial charge in [0.15, 0.2) is 0 Å². The molecule has 1 aromatic rings. The molecule has 0 amide bonds. The summed E-state index contributed by atoms with van der Waals surface area (Å²) in [6.07, 6.45) is 2.51. The highest BCUT2D eigenvalue weighted by Gasteiger charge is 2.19. The zero-order valence-corrected chi connectivity index (χ0v) is 13.0. The molecule has 112 valence electrons. The van der Waals surface area contributed by atoms with Gasteiger partial charge in [0.25, 0.3) is 0 Å². The van der Waals surface area contributed by atoms with E-state index in [1.807, 2.05) is 6.07 Å². The largest absolute Gasteiger partial charge is 0.317 e. The van der Waals surface area contributed by atoms with Crippen LogP contribution in [0.2, 0.25) is 0 Å². The Morgan fingerprint density at radius 1 is 1.30 bits per heavy atom. The third-order valence-electron chi connectivity index (χ3n) is 4.37. The van der Waals surface area contributed by atoms with Crippen molar-refractivity contribution in [3.63, 3.8) is 0 Å². The summed E-state index contributed by atoms with van der Waals surface area (Å²) >= 11 is 0. The molecule has 0 atom stereocenters. The van der Waals surface area contributed by atoms with Gasteiger partial charge in [-0.15, -0.1) is 0 Å². The third-order valence-corrected chi connectivity index (χ3v) is 4.37. The van der Waals surface area contributed by atoms with Gasteiger partial charge in [0, 0.05) is 19.1 Å². The van der Waals surface area contributed by atoms with E-state index in [-0.39, 0.29) is 5.82 Å². The van der Waals surface area contributed by atoms with Gasteiger partial charge in [-0.25, -0.2) is 4.39 Å². The summed E-state index contributed by atoms with van der Waals surface area (Å²) in [5.74, 6) is 0.642. The Kier molecular flexibility index (Phi) is 5.55. The normalized spacial score (nSPS) is 17.1. The molecule has 1 aliphatic heterocycles. The summed E-state index contributed by atoms with van der Waals surface area (Å²) in [6.45, 7) is 10.8. The van der Waals surface area contributed by atoms with Crippen molar-refractivity contribution in [2.24, 2.45) is 5.92 Å². The van der Waals surface area contributed by atoms with Crippen LogP contribution in [-0.4, -0.2) is 30.6 Å². The van der Waals surface area contributed by atoms with Gasteiger partial charge in [0.1, 0.15) is 5.82 Å². The summed E-state index contributed by atoms with van der Waals surface area (Å²) in [4.78, 5) is 2.48. The Balaban J connectivity index is 2.02. The minimum Gasteiger partial charge on any atom is -0.317 e. The summed E-state index contributed by atoms with van der Waals surface area (Å²) in [6, 6.07) is 5.61. The van der Waals surface area contributed by atoms with E-state index < -0.39 is 0 Å². The van der Waals surface area contributed by atoms with Gasteiger partial charge in [0.05, 0.1) is 0 Å². The number of nitrogens with zero attached hydrogens (tertiary/aromatic N) is 1. The lowest BCUT2D eigenvalue weighted by Gasteiger charge is -2.33. The lowest BCUT2D eigenvalue weighted by molar-refractivity contribution is 0.161. The quantitative estimate of drug-likeness (QED) is 0.888. The van der Waals surface area contributed by atoms with Gasteiger partial charge in [0.2, 0.25) is 0 Å². The molecule has 0 spiro atoms. The van der Waals surface area contributed by atoms with Crippen LogP contribution in [0, 0.1) is 18.7 Å². The highest BCUT2D eigenvalue weighted by Crippen LogP contribution is 2.19. The van der Waals surface area contributed by atoms with Crippen molar-refractivity contribution in [2.45, 2.75) is 46.2 Å². The number of rotatable bonds is 5. The fourth-order valence-corrected chi connectivity index (χ4v) is 2.88. The molecule has 2 rings (SSSR count). The maximum absolute atomic E-state index is 13.4. The van der Waals surface area contributed by atoms with Crippen LogP contribution in [0.15, 0.2) is 18.2 Å². The molecule has 0 aromatic heterocycles. The second kappa shape index (κ2) is 7.19. The minimum atomic E-state index is -0.129. The van der Waals surface area contributed by atoms with E-state index in [1.54, 1.807) is 12.1 Å². The first-order valence-electron chi connectivity index (χ1n) is 7.76. The van der Waals surface area contributed by atoms with Crippen molar-refractivity contribution in [3.05, 3.63) is 35.1 Å². The number of piperidine rings is 1. The van der Waals surface area contributed by atoms with E-state index in [0.717, 1.165) is 37.7 Å². The molecule has 1 N–H and O–H groups in total. The van der Waals surface area contributed by atoms with Crippen LogP contribution in [0.3, 0.4) is 0 Å². The van der Waals surface area contributed by atoms with Gasteiger partial charge in [-0.3, -0.25) is 4.90 Å². The van der Waals surface area contributed by atoms with E-state index in [2.05, 4.69) is 31.0 Å². The Hall–Kier alpha value is -0.930. The number of aryl methyl sites for hydroxylation is 1. The molecule has 3 heteroatoms. The van der Waals surface area contributed by atoms with Crippen molar-refractivity contribution in [1.82, 2.24) is 10.2 Å². The molecule has 1 aromatic carbocycles. The first kappa shape index (κ1) is 15.5. The highest BCUT2D eigenvalue weighted by molar-refractivity contribution is 5.26. The predicted octanol–water partition coefficient (Wildman–Crippen LogP) is 3.34. The lowest BCUT2D eigenvalue weighted by Crippen LogP contribution is -2.39. The Morgan fingerprint density at radius 2 is 2.00 bits per heavy atom.